The minimum Gasteiger partial charge on any atom is -0.493 e. The van der Waals surface area contributed by atoms with E-state index in [4.69, 9.17) is 13.9 Å². The molecule has 1 fully saturated rings. The van der Waals surface area contributed by atoms with Crippen molar-refractivity contribution < 1.29 is 26.7 Å². The molecule has 1 aliphatic rings. The minimum atomic E-state index is -4.07. The summed E-state index contributed by atoms with van der Waals surface area (Å²) < 4.78 is 56.8. The van der Waals surface area contributed by atoms with E-state index < -0.39 is 20.7 Å². The lowest BCUT2D eigenvalue weighted by molar-refractivity contribution is 0.349. The van der Waals surface area contributed by atoms with Crippen molar-refractivity contribution in [2.24, 2.45) is 5.92 Å². The molecule has 1 aromatic carbocycles. The average molecular weight is 383 g/mol. The van der Waals surface area contributed by atoms with Crippen LogP contribution in [0, 0.1) is 11.7 Å². The number of halogens is 1. The molecule has 1 aromatic heterocycles. The van der Waals surface area contributed by atoms with Crippen LogP contribution < -0.4 is 9.47 Å². The number of hydrogen-bond donors (Lipinski definition) is 0. The predicted molar refractivity (Wildman–Crippen MR) is 93.4 cm³/mol. The second kappa shape index (κ2) is 6.92. The fourth-order valence-electron chi connectivity index (χ4n) is 2.90. The summed E-state index contributed by atoms with van der Waals surface area (Å²) in [5.74, 6) is 1.76. The van der Waals surface area contributed by atoms with Crippen molar-refractivity contribution in [3.8, 4) is 11.5 Å². The maximum Gasteiger partial charge on any atom is 0.246 e. The van der Waals surface area contributed by atoms with Gasteiger partial charge in [-0.3, -0.25) is 0 Å². The quantitative estimate of drug-likeness (QED) is 0.733. The van der Waals surface area contributed by atoms with Gasteiger partial charge in [0.05, 0.1) is 20.8 Å². The third kappa shape index (κ3) is 3.43. The van der Waals surface area contributed by atoms with E-state index >= 15 is 0 Å². The summed E-state index contributed by atoms with van der Waals surface area (Å²) in [6, 6.07) is 5.76. The number of ether oxygens (including phenoxy) is 2. The highest BCUT2D eigenvalue weighted by Gasteiger charge is 2.37. The van der Waals surface area contributed by atoms with Crippen molar-refractivity contribution in [3.63, 3.8) is 0 Å². The van der Waals surface area contributed by atoms with Crippen LogP contribution in [-0.2, 0) is 16.6 Å². The Hall–Kier alpha value is -2.06. The van der Waals surface area contributed by atoms with Gasteiger partial charge in [-0.2, -0.15) is 4.31 Å². The monoisotopic (exact) mass is 383 g/mol. The van der Waals surface area contributed by atoms with Crippen LogP contribution >= 0.6 is 0 Å². The third-order valence-electron chi connectivity index (χ3n) is 4.66. The molecule has 142 valence electrons. The summed E-state index contributed by atoms with van der Waals surface area (Å²) >= 11 is 0. The Balaban J connectivity index is 1.84. The maximum atomic E-state index is 14.3. The maximum absolute atomic E-state index is 14.3. The van der Waals surface area contributed by atoms with Gasteiger partial charge in [0.15, 0.2) is 11.5 Å². The van der Waals surface area contributed by atoms with Crippen LogP contribution in [-0.4, -0.2) is 34.0 Å². The van der Waals surface area contributed by atoms with Crippen molar-refractivity contribution >= 4 is 10.0 Å². The van der Waals surface area contributed by atoms with Crippen LogP contribution in [0.15, 0.2) is 33.6 Å². The van der Waals surface area contributed by atoms with Gasteiger partial charge in [0.2, 0.25) is 10.0 Å². The molecule has 6 nitrogen and oxygen atoms in total. The Labute approximate surface area is 152 Å². The fraction of sp³-hybridized carbons (Fsp3) is 0.444. The highest BCUT2D eigenvalue weighted by molar-refractivity contribution is 7.89. The minimum absolute atomic E-state index is 0.0111. The summed E-state index contributed by atoms with van der Waals surface area (Å²) in [5, 5.41) is 0. The summed E-state index contributed by atoms with van der Waals surface area (Å²) in [6.45, 7) is 2.15. The summed E-state index contributed by atoms with van der Waals surface area (Å²) in [5.41, 5.74) is 0. The lowest BCUT2D eigenvalue weighted by atomic mass is 10.3. The molecule has 0 unspecified atom stereocenters. The standard InChI is InChI=1S/C18H22FNO5S/c1-11-7-13(11)15-6-5-12(25-15)10-20(2)26(21,22)18-9-17(24-4)16(23-3)8-14(18)19/h5-6,8-9,11,13H,7,10H2,1-4H3/t11-,13-/m1/s1. The second-order valence-electron chi connectivity index (χ2n) is 6.52. The molecule has 3 rings (SSSR count). The Morgan fingerprint density at radius 3 is 2.42 bits per heavy atom. The fourth-order valence-corrected chi connectivity index (χ4v) is 4.10. The SMILES string of the molecule is COc1cc(F)c(S(=O)(=O)N(C)Cc2ccc([C@@H]3C[C@H]3C)o2)cc1OC. The zero-order valence-electron chi connectivity index (χ0n) is 15.2. The van der Waals surface area contributed by atoms with Gasteiger partial charge in [-0.1, -0.05) is 6.92 Å². The van der Waals surface area contributed by atoms with Gasteiger partial charge in [0, 0.05) is 25.1 Å². The van der Waals surface area contributed by atoms with Gasteiger partial charge in [0.1, 0.15) is 22.2 Å². The first-order valence-electron chi connectivity index (χ1n) is 8.24. The number of benzene rings is 1. The van der Waals surface area contributed by atoms with Crippen molar-refractivity contribution in [2.45, 2.75) is 30.7 Å². The van der Waals surface area contributed by atoms with Crippen LogP contribution in [0.3, 0.4) is 0 Å². The normalized spacial score (nSPS) is 19.6. The molecule has 1 saturated carbocycles. The number of methoxy groups -OCH3 is 2. The molecule has 0 spiro atoms. The van der Waals surface area contributed by atoms with Gasteiger partial charge in [-0.25, -0.2) is 12.8 Å². The average Bonchev–Trinajstić information content (AvgIpc) is 3.15. The molecular formula is C18H22FNO5S. The first-order valence-corrected chi connectivity index (χ1v) is 9.68. The van der Waals surface area contributed by atoms with Crippen molar-refractivity contribution in [1.82, 2.24) is 4.31 Å². The molecule has 0 amide bonds. The van der Waals surface area contributed by atoms with Gasteiger partial charge >= 0.3 is 0 Å². The largest absolute Gasteiger partial charge is 0.493 e. The number of rotatable bonds is 7. The van der Waals surface area contributed by atoms with Gasteiger partial charge in [0.25, 0.3) is 0 Å². The second-order valence-corrected chi connectivity index (χ2v) is 8.54. The summed E-state index contributed by atoms with van der Waals surface area (Å²) in [6.07, 6.45) is 1.08. The molecule has 1 aliphatic carbocycles. The zero-order valence-corrected chi connectivity index (χ0v) is 16.0. The van der Waals surface area contributed by atoms with Crippen molar-refractivity contribution in [1.29, 1.82) is 0 Å². The number of furan rings is 1. The summed E-state index contributed by atoms with van der Waals surface area (Å²) in [4.78, 5) is -0.472. The Morgan fingerprint density at radius 1 is 1.23 bits per heavy atom. The first-order chi connectivity index (χ1) is 12.3. The molecule has 0 N–H and O–H groups in total. The topological polar surface area (TPSA) is 69.0 Å². The number of hydrogen-bond acceptors (Lipinski definition) is 5. The molecule has 0 aliphatic heterocycles. The number of sulfonamides is 1. The third-order valence-corrected chi connectivity index (χ3v) is 6.48. The van der Waals surface area contributed by atoms with E-state index in [9.17, 15) is 12.8 Å². The molecule has 8 heteroatoms. The lowest BCUT2D eigenvalue weighted by Gasteiger charge is -2.18. The van der Waals surface area contributed by atoms with E-state index in [1.807, 2.05) is 6.07 Å². The van der Waals surface area contributed by atoms with Crippen LogP contribution in [0.5, 0.6) is 11.5 Å². The van der Waals surface area contributed by atoms with Gasteiger partial charge in [-0.15, -0.1) is 0 Å². The van der Waals surface area contributed by atoms with E-state index in [0.717, 1.165) is 28.6 Å². The van der Waals surface area contributed by atoms with Gasteiger partial charge < -0.3 is 13.9 Å². The smallest absolute Gasteiger partial charge is 0.246 e. The van der Waals surface area contributed by atoms with E-state index in [2.05, 4.69) is 6.92 Å². The van der Waals surface area contributed by atoms with Crippen LogP contribution in [0.4, 0.5) is 4.39 Å². The van der Waals surface area contributed by atoms with E-state index in [1.165, 1.54) is 21.3 Å². The molecule has 1 heterocycles. The van der Waals surface area contributed by atoms with E-state index in [1.54, 1.807) is 6.07 Å². The Bertz CT molecular complexity index is 908. The van der Waals surface area contributed by atoms with E-state index in [-0.39, 0.29) is 18.0 Å². The highest BCUT2D eigenvalue weighted by Crippen LogP contribution is 2.47. The number of nitrogens with zero attached hydrogens (tertiary/aromatic N) is 1. The van der Waals surface area contributed by atoms with Crippen molar-refractivity contribution in [2.75, 3.05) is 21.3 Å². The van der Waals surface area contributed by atoms with Crippen LogP contribution in [0.25, 0.3) is 0 Å². The molecule has 0 bridgehead atoms. The molecule has 2 aromatic rings. The zero-order chi connectivity index (χ0) is 19.1. The molecular weight excluding hydrogens is 361 g/mol. The highest BCUT2D eigenvalue weighted by atomic mass is 32.2. The predicted octanol–water partition coefficient (Wildman–Crippen LogP) is 3.38. The Morgan fingerprint density at radius 2 is 1.85 bits per heavy atom. The Kier molecular flexibility index (Phi) is 4.98. The molecule has 2 atom stereocenters. The lowest BCUT2D eigenvalue weighted by Crippen LogP contribution is -2.27. The first kappa shape index (κ1) is 18.7. The summed E-state index contributed by atoms with van der Waals surface area (Å²) in [7, 11) is 0.0278. The van der Waals surface area contributed by atoms with Gasteiger partial charge in [-0.05, 0) is 24.5 Å². The molecule has 26 heavy (non-hydrogen) atoms. The van der Waals surface area contributed by atoms with Crippen LogP contribution in [0.2, 0.25) is 0 Å². The van der Waals surface area contributed by atoms with Crippen LogP contribution in [0.1, 0.15) is 30.8 Å². The molecule has 0 radical (unpaired) electrons. The molecule has 0 saturated heterocycles. The van der Waals surface area contributed by atoms with E-state index in [0.29, 0.717) is 17.6 Å². The van der Waals surface area contributed by atoms with Crippen molar-refractivity contribution in [3.05, 3.63) is 41.6 Å².